The lowest BCUT2D eigenvalue weighted by Gasteiger charge is -2.18. The van der Waals surface area contributed by atoms with E-state index in [1.54, 1.807) is 6.92 Å². The largest absolute Gasteiger partial charge is 0.388 e. The molecule has 0 radical (unpaired) electrons. The Labute approximate surface area is 92.7 Å². The molecule has 5 nitrogen and oxygen atoms in total. The van der Waals surface area contributed by atoms with Crippen LogP contribution in [0.5, 0.6) is 0 Å². The van der Waals surface area contributed by atoms with Gasteiger partial charge in [0.2, 0.25) is 0 Å². The van der Waals surface area contributed by atoms with Crippen LogP contribution in [0.25, 0.3) is 0 Å². The molecule has 1 unspecified atom stereocenters. The number of aromatic nitrogens is 1. The van der Waals surface area contributed by atoms with Crippen LogP contribution in [0, 0.1) is 0 Å². The molecule has 16 heavy (non-hydrogen) atoms. The van der Waals surface area contributed by atoms with E-state index >= 15 is 0 Å². The molecule has 0 saturated carbocycles. The maximum Gasteiger partial charge on any atom is 0.259 e. The summed E-state index contributed by atoms with van der Waals surface area (Å²) < 4.78 is 0. The summed E-state index contributed by atoms with van der Waals surface area (Å²) in [6.07, 6.45) is 3.43. The number of aliphatic hydroxyl groups is 1. The summed E-state index contributed by atoms with van der Waals surface area (Å²) in [6.45, 7) is 2.45. The van der Waals surface area contributed by atoms with Crippen molar-refractivity contribution in [3.05, 3.63) is 34.2 Å². The first-order chi connectivity index (χ1) is 7.49. The zero-order chi connectivity index (χ0) is 11.8. The third-order valence-corrected chi connectivity index (χ3v) is 2.79. The van der Waals surface area contributed by atoms with Gasteiger partial charge in [-0.2, -0.15) is 0 Å². The number of aromatic amines is 1. The molecule has 2 N–H and O–H groups in total. The molecule has 0 bridgehead atoms. The Hall–Kier alpha value is -1.62. The van der Waals surface area contributed by atoms with Gasteiger partial charge in [0.1, 0.15) is 5.56 Å². The van der Waals surface area contributed by atoms with E-state index in [9.17, 15) is 14.7 Å². The van der Waals surface area contributed by atoms with Crippen molar-refractivity contribution in [2.24, 2.45) is 0 Å². The van der Waals surface area contributed by atoms with E-state index in [1.165, 1.54) is 23.4 Å². The van der Waals surface area contributed by atoms with Crippen LogP contribution in [0.1, 0.15) is 23.7 Å². The SMILES string of the molecule is CC1(O)CCN(C(=O)c2c[nH]ccc2=O)C1. The van der Waals surface area contributed by atoms with Crippen molar-refractivity contribution in [2.45, 2.75) is 18.9 Å². The van der Waals surface area contributed by atoms with E-state index in [2.05, 4.69) is 4.98 Å². The van der Waals surface area contributed by atoms with Gasteiger partial charge in [-0.3, -0.25) is 9.59 Å². The zero-order valence-electron chi connectivity index (χ0n) is 9.06. The Morgan fingerprint density at radius 1 is 1.62 bits per heavy atom. The van der Waals surface area contributed by atoms with Crippen molar-refractivity contribution < 1.29 is 9.90 Å². The van der Waals surface area contributed by atoms with Crippen LogP contribution in [-0.2, 0) is 0 Å². The molecule has 5 heteroatoms. The van der Waals surface area contributed by atoms with Gasteiger partial charge in [-0.1, -0.05) is 0 Å². The van der Waals surface area contributed by atoms with Gasteiger partial charge in [-0.25, -0.2) is 0 Å². The highest BCUT2D eigenvalue weighted by molar-refractivity contribution is 5.94. The summed E-state index contributed by atoms with van der Waals surface area (Å²) in [5, 5.41) is 9.75. The molecule has 1 aliphatic heterocycles. The van der Waals surface area contributed by atoms with E-state index < -0.39 is 5.60 Å². The molecule has 86 valence electrons. The Morgan fingerprint density at radius 3 is 2.94 bits per heavy atom. The number of hydrogen-bond acceptors (Lipinski definition) is 3. The highest BCUT2D eigenvalue weighted by Crippen LogP contribution is 2.21. The van der Waals surface area contributed by atoms with Crippen LogP contribution in [0.2, 0.25) is 0 Å². The van der Waals surface area contributed by atoms with Gasteiger partial charge in [0.05, 0.1) is 5.60 Å². The topological polar surface area (TPSA) is 73.4 Å². The standard InChI is InChI=1S/C11H14N2O3/c1-11(16)3-5-13(7-11)10(15)8-6-12-4-2-9(8)14/h2,4,6,16H,3,5,7H2,1H3,(H,12,14). The van der Waals surface area contributed by atoms with Crippen LogP contribution in [0.4, 0.5) is 0 Å². The van der Waals surface area contributed by atoms with Crippen molar-refractivity contribution in [2.75, 3.05) is 13.1 Å². The van der Waals surface area contributed by atoms with Crippen LogP contribution >= 0.6 is 0 Å². The summed E-state index contributed by atoms with van der Waals surface area (Å²) in [5.74, 6) is -0.320. The molecule has 0 spiro atoms. The van der Waals surface area contributed by atoms with Crippen LogP contribution in [0.15, 0.2) is 23.3 Å². The predicted octanol–water partition coefficient (Wildman–Crippen LogP) is -0.0282. The zero-order valence-corrected chi connectivity index (χ0v) is 9.06. The maximum atomic E-state index is 12.0. The second-order valence-electron chi connectivity index (χ2n) is 4.40. The first-order valence-electron chi connectivity index (χ1n) is 5.18. The van der Waals surface area contributed by atoms with Gasteiger partial charge < -0.3 is 15.0 Å². The molecule has 1 aromatic rings. The number of nitrogens with one attached hydrogen (secondary N) is 1. The molecule has 2 rings (SSSR count). The van der Waals surface area contributed by atoms with E-state index in [0.717, 1.165) is 0 Å². The van der Waals surface area contributed by atoms with Gasteiger partial charge in [-0.15, -0.1) is 0 Å². The minimum Gasteiger partial charge on any atom is -0.388 e. The minimum absolute atomic E-state index is 0.125. The molecule has 1 aliphatic rings. The van der Waals surface area contributed by atoms with Crippen LogP contribution < -0.4 is 5.43 Å². The highest BCUT2D eigenvalue weighted by Gasteiger charge is 2.34. The number of amides is 1. The lowest BCUT2D eigenvalue weighted by atomic mass is 10.1. The Morgan fingerprint density at radius 2 is 2.38 bits per heavy atom. The number of H-pyrrole nitrogens is 1. The molecule has 1 saturated heterocycles. The van der Waals surface area contributed by atoms with Crippen molar-refractivity contribution in [1.29, 1.82) is 0 Å². The quantitative estimate of drug-likeness (QED) is 0.701. The summed E-state index contributed by atoms with van der Waals surface area (Å²) in [5.41, 5.74) is -1.01. The summed E-state index contributed by atoms with van der Waals surface area (Å²) in [6, 6.07) is 1.32. The number of hydrogen-bond donors (Lipinski definition) is 2. The Balaban J connectivity index is 2.22. The first-order valence-corrected chi connectivity index (χ1v) is 5.18. The smallest absolute Gasteiger partial charge is 0.259 e. The van der Waals surface area contributed by atoms with Gasteiger partial charge >= 0.3 is 0 Å². The molecule has 1 amide bonds. The summed E-state index contributed by atoms with van der Waals surface area (Å²) >= 11 is 0. The molecule has 0 aliphatic carbocycles. The fraction of sp³-hybridized carbons (Fsp3) is 0.455. The van der Waals surface area contributed by atoms with E-state index in [-0.39, 0.29) is 23.4 Å². The van der Waals surface area contributed by atoms with Crippen molar-refractivity contribution in [3.8, 4) is 0 Å². The number of likely N-dealkylation sites (tertiary alicyclic amines) is 1. The molecule has 1 atom stereocenters. The normalized spacial score (nSPS) is 24.8. The second kappa shape index (κ2) is 3.75. The average molecular weight is 222 g/mol. The first kappa shape index (κ1) is 10.9. The van der Waals surface area contributed by atoms with Gasteiger partial charge in [0, 0.05) is 31.5 Å². The Bertz CT molecular complexity index is 464. The molecule has 1 aromatic heterocycles. The number of nitrogens with zero attached hydrogens (tertiary/aromatic N) is 1. The van der Waals surface area contributed by atoms with E-state index in [0.29, 0.717) is 13.0 Å². The monoisotopic (exact) mass is 222 g/mol. The third-order valence-electron chi connectivity index (χ3n) is 2.79. The Kier molecular flexibility index (Phi) is 2.55. The molecular formula is C11H14N2O3. The van der Waals surface area contributed by atoms with Crippen molar-refractivity contribution in [1.82, 2.24) is 9.88 Å². The predicted molar refractivity (Wildman–Crippen MR) is 58.2 cm³/mol. The molecular weight excluding hydrogens is 208 g/mol. The molecule has 0 aromatic carbocycles. The highest BCUT2D eigenvalue weighted by atomic mass is 16.3. The van der Waals surface area contributed by atoms with Crippen LogP contribution in [-0.4, -0.2) is 39.6 Å². The average Bonchev–Trinajstić information content (AvgIpc) is 2.59. The van der Waals surface area contributed by atoms with Gasteiger partial charge in [0.15, 0.2) is 5.43 Å². The number of rotatable bonds is 1. The lowest BCUT2D eigenvalue weighted by Crippen LogP contribution is -2.36. The van der Waals surface area contributed by atoms with E-state index in [4.69, 9.17) is 0 Å². The van der Waals surface area contributed by atoms with E-state index in [1.807, 2.05) is 0 Å². The fourth-order valence-corrected chi connectivity index (χ4v) is 1.87. The number of pyridine rings is 1. The second-order valence-corrected chi connectivity index (χ2v) is 4.40. The summed E-state index contributed by atoms with van der Waals surface area (Å²) in [4.78, 5) is 27.6. The number of carbonyl (C=O) groups excluding carboxylic acids is 1. The van der Waals surface area contributed by atoms with Gasteiger partial charge in [-0.05, 0) is 13.3 Å². The fourth-order valence-electron chi connectivity index (χ4n) is 1.87. The maximum absolute atomic E-state index is 12.0. The van der Waals surface area contributed by atoms with Gasteiger partial charge in [0.25, 0.3) is 5.91 Å². The third kappa shape index (κ3) is 1.99. The molecule has 1 fully saturated rings. The number of β-amino-alcohol motifs (C(OH)–C–C–N with tert-alkyl or cyclic N) is 1. The van der Waals surface area contributed by atoms with Crippen LogP contribution in [0.3, 0.4) is 0 Å². The van der Waals surface area contributed by atoms with Crippen molar-refractivity contribution in [3.63, 3.8) is 0 Å². The van der Waals surface area contributed by atoms with Crippen molar-refractivity contribution >= 4 is 5.91 Å². The lowest BCUT2D eigenvalue weighted by molar-refractivity contribution is 0.0571. The summed E-state index contributed by atoms with van der Waals surface area (Å²) in [7, 11) is 0. The number of carbonyl (C=O) groups is 1. The molecule has 2 heterocycles. The minimum atomic E-state index is -0.836.